The molecule has 25 heavy (non-hydrogen) atoms. The van der Waals surface area contributed by atoms with E-state index in [4.69, 9.17) is 9.47 Å². The van der Waals surface area contributed by atoms with Crippen LogP contribution >= 0.6 is 0 Å². The van der Waals surface area contributed by atoms with Gasteiger partial charge in [-0.1, -0.05) is 44.2 Å². The van der Waals surface area contributed by atoms with E-state index in [-0.39, 0.29) is 12.0 Å². The van der Waals surface area contributed by atoms with E-state index in [1.165, 1.54) is 12.8 Å². The molecule has 0 amide bonds. The second-order valence-corrected chi connectivity index (χ2v) is 8.31. The van der Waals surface area contributed by atoms with Crippen molar-refractivity contribution in [2.45, 2.75) is 58.2 Å². The number of allylic oxidation sites excluding steroid dienone is 2. The fourth-order valence-corrected chi connectivity index (χ4v) is 4.06. The first-order chi connectivity index (χ1) is 12.1. The summed E-state index contributed by atoms with van der Waals surface area (Å²) in [5, 5.41) is 9.33. The van der Waals surface area contributed by atoms with Gasteiger partial charge in [0.25, 0.3) is 0 Å². The van der Waals surface area contributed by atoms with E-state index in [2.05, 4.69) is 26.0 Å². The van der Waals surface area contributed by atoms with Crippen LogP contribution in [0.5, 0.6) is 5.75 Å². The highest BCUT2D eigenvalue weighted by atomic mass is 16.5. The van der Waals surface area contributed by atoms with Crippen LogP contribution in [-0.4, -0.2) is 30.5 Å². The maximum atomic E-state index is 9.33. The molecule has 4 atom stereocenters. The maximum Gasteiger partial charge on any atom is 0.119 e. The largest absolute Gasteiger partial charge is 0.493 e. The second kappa shape index (κ2) is 8.37. The van der Waals surface area contributed by atoms with Gasteiger partial charge < -0.3 is 14.6 Å². The van der Waals surface area contributed by atoms with Crippen molar-refractivity contribution in [1.82, 2.24) is 0 Å². The fraction of sp³-hybridized carbons (Fsp3) is 0.636. The van der Waals surface area contributed by atoms with E-state index in [9.17, 15) is 5.11 Å². The Kier molecular flexibility index (Phi) is 6.19. The van der Waals surface area contributed by atoms with Gasteiger partial charge in [-0.05, 0) is 55.6 Å². The van der Waals surface area contributed by atoms with E-state index in [1.807, 2.05) is 30.3 Å². The lowest BCUT2D eigenvalue weighted by molar-refractivity contribution is 0.0810. The summed E-state index contributed by atoms with van der Waals surface area (Å²) in [6, 6.07) is 10.1. The molecule has 0 saturated carbocycles. The summed E-state index contributed by atoms with van der Waals surface area (Å²) in [6.45, 7) is 5.23. The summed E-state index contributed by atoms with van der Waals surface area (Å²) in [5.41, 5.74) is 0.0198. The summed E-state index contributed by atoms with van der Waals surface area (Å²) in [7, 11) is 0. The van der Waals surface area contributed by atoms with Crippen LogP contribution in [0, 0.1) is 17.3 Å². The summed E-state index contributed by atoms with van der Waals surface area (Å²) in [5.74, 6) is 2.02. The second-order valence-electron chi connectivity index (χ2n) is 8.31. The van der Waals surface area contributed by atoms with E-state index in [0.29, 0.717) is 24.0 Å². The Bertz CT molecular complexity index is 552. The molecule has 1 aromatic carbocycles. The number of rotatable bonds is 9. The monoisotopic (exact) mass is 344 g/mol. The molecule has 0 aliphatic carbocycles. The lowest BCUT2D eigenvalue weighted by atomic mass is 9.78. The van der Waals surface area contributed by atoms with Gasteiger partial charge in [0.2, 0.25) is 0 Å². The summed E-state index contributed by atoms with van der Waals surface area (Å²) < 4.78 is 12.2. The molecule has 2 saturated heterocycles. The molecule has 2 aliphatic rings. The van der Waals surface area contributed by atoms with Crippen LogP contribution in [0.1, 0.15) is 46.0 Å². The molecule has 3 heteroatoms. The zero-order valence-electron chi connectivity index (χ0n) is 15.6. The molecule has 2 aliphatic heterocycles. The van der Waals surface area contributed by atoms with Crippen LogP contribution in [0.25, 0.3) is 0 Å². The molecule has 2 heterocycles. The summed E-state index contributed by atoms with van der Waals surface area (Å²) in [6.07, 6.45) is 10.9. The first kappa shape index (κ1) is 18.5. The first-order valence-corrected chi connectivity index (χ1v) is 9.68. The number of para-hydroxylation sites is 1. The molecule has 138 valence electrons. The first-order valence-electron chi connectivity index (χ1n) is 9.68. The van der Waals surface area contributed by atoms with E-state index < -0.39 is 0 Å². The van der Waals surface area contributed by atoms with Gasteiger partial charge in [-0.25, -0.2) is 0 Å². The topological polar surface area (TPSA) is 38.7 Å². The van der Waals surface area contributed by atoms with E-state index in [1.54, 1.807) is 0 Å². The van der Waals surface area contributed by atoms with Crippen LogP contribution in [0.3, 0.4) is 0 Å². The number of hydrogen-bond acceptors (Lipinski definition) is 3. The lowest BCUT2D eigenvalue weighted by Crippen LogP contribution is -2.31. The zero-order chi connectivity index (χ0) is 17.7. The Balaban J connectivity index is 1.49. The van der Waals surface area contributed by atoms with Crippen LogP contribution in [0.15, 0.2) is 42.5 Å². The predicted molar refractivity (Wildman–Crippen MR) is 101 cm³/mol. The molecule has 0 aromatic heterocycles. The third-order valence-electron chi connectivity index (χ3n) is 5.77. The molecular formula is C22H32O3. The average molecular weight is 344 g/mol. The molecule has 1 N–H and O–H groups in total. The van der Waals surface area contributed by atoms with Crippen molar-refractivity contribution in [3.63, 3.8) is 0 Å². The van der Waals surface area contributed by atoms with Gasteiger partial charge in [0.1, 0.15) is 5.75 Å². The van der Waals surface area contributed by atoms with Crippen LogP contribution in [-0.2, 0) is 4.74 Å². The van der Waals surface area contributed by atoms with Gasteiger partial charge >= 0.3 is 0 Å². The number of aliphatic hydroxyl groups is 1. The normalized spacial score (nSPS) is 28.8. The minimum absolute atomic E-state index is 0.0198. The third-order valence-corrected chi connectivity index (χ3v) is 5.77. The summed E-state index contributed by atoms with van der Waals surface area (Å²) >= 11 is 0. The predicted octanol–water partition coefficient (Wildman–Crippen LogP) is 4.60. The molecule has 0 radical (unpaired) electrons. The molecule has 1 aromatic rings. The van der Waals surface area contributed by atoms with Crippen molar-refractivity contribution in [2.75, 3.05) is 13.2 Å². The zero-order valence-corrected chi connectivity index (χ0v) is 15.6. The number of ether oxygens (including phenoxy) is 2. The smallest absolute Gasteiger partial charge is 0.119 e. The standard InChI is InChI=1S/C22H32O3/c1-22(2,16-23)14-8-4-7-11-18-19(21-13-12-20(18)25-21)15-24-17-9-5-3-6-10-17/h3-7,9-10,18-21,23H,8,11-16H2,1-2H3/b7-4-/t18-,19+,20-,21+/m0/s1. The highest BCUT2D eigenvalue weighted by molar-refractivity contribution is 5.21. The van der Waals surface area contributed by atoms with Gasteiger partial charge in [-0.2, -0.15) is 0 Å². The van der Waals surface area contributed by atoms with Crippen LogP contribution in [0.4, 0.5) is 0 Å². The van der Waals surface area contributed by atoms with E-state index >= 15 is 0 Å². The molecule has 2 bridgehead atoms. The molecule has 0 spiro atoms. The number of benzene rings is 1. The maximum absolute atomic E-state index is 9.33. The molecule has 2 fully saturated rings. The Morgan fingerprint density at radius 2 is 1.84 bits per heavy atom. The summed E-state index contributed by atoms with van der Waals surface area (Å²) in [4.78, 5) is 0. The minimum Gasteiger partial charge on any atom is -0.493 e. The van der Waals surface area contributed by atoms with Crippen molar-refractivity contribution in [1.29, 1.82) is 0 Å². The van der Waals surface area contributed by atoms with Crippen molar-refractivity contribution >= 4 is 0 Å². The Labute approximate surface area is 152 Å². The SMILES string of the molecule is CC(C)(CO)CC/C=C\C[C@H]1[C@@H](COc2ccccc2)[C@H]2CC[C@@H]1O2. The van der Waals surface area contributed by atoms with Gasteiger partial charge in [0.15, 0.2) is 0 Å². The molecule has 3 rings (SSSR count). The third kappa shape index (κ3) is 4.86. The van der Waals surface area contributed by atoms with E-state index in [0.717, 1.165) is 31.6 Å². The molecule has 0 unspecified atom stereocenters. The highest BCUT2D eigenvalue weighted by Gasteiger charge is 2.48. The lowest BCUT2D eigenvalue weighted by Gasteiger charge is -2.27. The number of hydrogen-bond donors (Lipinski definition) is 1. The Hall–Kier alpha value is -1.32. The van der Waals surface area contributed by atoms with Crippen molar-refractivity contribution in [2.24, 2.45) is 17.3 Å². The van der Waals surface area contributed by atoms with Gasteiger partial charge in [-0.15, -0.1) is 0 Å². The van der Waals surface area contributed by atoms with Crippen molar-refractivity contribution in [3.8, 4) is 5.75 Å². The number of fused-ring (bicyclic) bond motifs is 2. The highest BCUT2D eigenvalue weighted by Crippen LogP contribution is 2.45. The van der Waals surface area contributed by atoms with Gasteiger partial charge in [0, 0.05) is 12.5 Å². The van der Waals surface area contributed by atoms with Crippen molar-refractivity contribution < 1.29 is 14.6 Å². The Morgan fingerprint density at radius 1 is 1.12 bits per heavy atom. The molecular weight excluding hydrogens is 312 g/mol. The fourth-order valence-electron chi connectivity index (χ4n) is 4.06. The van der Waals surface area contributed by atoms with Crippen LogP contribution in [0.2, 0.25) is 0 Å². The van der Waals surface area contributed by atoms with Gasteiger partial charge in [-0.3, -0.25) is 0 Å². The molecule has 3 nitrogen and oxygen atoms in total. The van der Waals surface area contributed by atoms with Crippen LogP contribution < -0.4 is 4.74 Å². The quantitative estimate of drug-likeness (QED) is 0.665. The van der Waals surface area contributed by atoms with Gasteiger partial charge in [0.05, 0.1) is 18.8 Å². The van der Waals surface area contributed by atoms with Crippen molar-refractivity contribution in [3.05, 3.63) is 42.5 Å². The minimum atomic E-state index is 0.0198. The Morgan fingerprint density at radius 3 is 2.56 bits per heavy atom. The number of aliphatic hydroxyl groups excluding tert-OH is 1. The average Bonchev–Trinajstić information content (AvgIpc) is 3.22.